The van der Waals surface area contributed by atoms with Crippen LogP contribution in [0.4, 0.5) is 5.82 Å². The highest BCUT2D eigenvalue weighted by Crippen LogP contribution is 2.25. The number of nitrogens with zero attached hydrogens (tertiary/aromatic N) is 3. The van der Waals surface area contributed by atoms with Gasteiger partial charge >= 0.3 is 5.97 Å². The van der Waals surface area contributed by atoms with Gasteiger partial charge in [0.05, 0.1) is 19.3 Å². The van der Waals surface area contributed by atoms with Gasteiger partial charge in [0.15, 0.2) is 0 Å². The molecule has 0 saturated carbocycles. The number of aryl methyl sites for hydroxylation is 3. The highest BCUT2D eigenvalue weighted by molar-refractivity contribution is 5.95. The third-order valence-electron chi connectivity index (χ3n) is 4.99. The van der Waals surface area contributed by atoms with Gasteiger partial charge in [0.25, 0.3) is 5.91 Å². The van der Waals surface area contributed by atoms with Crippen molar-refractivity contribution in [2.45, 2.75) is 26.3 Å². The number of hydrogen-bond acceptors (Lipinski definition) is 4. The van der Waals surface area contributed by atoms with Crippen LogP contribution >= 0.6 is 0 Å². The van der Waals surface area contributed by atoms with Crippen molar-refractivity contribution in [3.63, 3.8) is 0 Å². The van der Waals surface area contributed by atoms with Crippen LogP contribution in [-0.4, -0.2) is 38.2 Å². The predicted molar refractivity (Wildman–Crippen MR) is 115 cm³/mol. The number of amides is 1. The number of carboxylic acids is 1. The van der Waals surface area contributed by atoms with Gasteiger partial charge in [-0.1, -0.05) is 18.1 Å². The summed E-state index contributed by atoms with van der Waals surface area (Å²) in [5.41, 5.74) is 4.15. The van der Waals surface area contributed by atoms with Crippen LogP contribution in [0.3, 0.4) is 0 Å². The fourth-order valence-electron chi connectivity index (χ4n) is 3.41. The first-order valence-corrected chi connectivity index (χ1v) is 9.59. The Morgan fingerprint density at radius 3 is 2.87 bits per heavy atom. The summed E-state index contributed by atoms with van der Waals surface area (Å²) in [6, 6.07) is 5.42. The molecule has 7 nitrogen and oxygen atoms in total. The first-order valence-electron chi connectivity index (χ1n) is 9.59. The third kappa shape index (κ3) is 4.78. The lowest BCUT2D eigenvalue weighted by molar-refractivity contribution is -0.136. The zero-order chi connectivity index (χ0) is 21.7. The van der Waals surface area contributed by atoms with E-state index in [0.29, 0.717) is 25.1 Å². The maximum atomic E-state index is 13.3. The molecule has 1 amide bonds. The van der Waals surface area contributed by atoms with Crippen molar-refractivity contribution < 1.29 is 14.7 Å². The fourth-order valence-corrected chi connectivity index (χ4v) is 3.41. The molecular weight excluding hydrogens is 380 g/mol. The summed E-state index contributed by atoms with van der Waals surface area (Å²) in [4.78, 5) is 25.9. The Morgan fingerprint density at radius 2 is 2.17 bits per heavy atom. The Hall–Kier alpha value is -3.79. The second-order valence-electron chi connectivity index (χ2n) is 7.18. The molecule has 1 aliphatic rings. The van der Waals surface area contributed by atoms with Gasteiger partial charge in [-0.25, -0.2) is 0 Å². The van der Waals surface area contributed by atoms with Crippen molar-refractivity contribution >= 4 is 17.7 Å². The van der Waals surface area contributed by atoms with Crippen LogP contribution in [0.1, 0.15) is 33.5 Å². The van der Waals surface area contributed by atoms with Gasteiger partial charge in [0, 0.05) is 30.3 Å². The molecule has 0 fully saturated rings. The molecule has 30 heavy (non-hydrogen) atoms. The monoisotopic (exact) mass is 404 g/mol. The van der Waals surface area contributed by atoms with Crippen molar-refractivity contribution in [3.8, 4) is 12.3 Å². The second kappa shape index (κ2) is 9.14. The van der Waals surface area contributed by atoms with Crippen molar-refractivity contribution in [2.75, 3.05) is 11.9 Å². The van der Waals surface area contributed by atoms with E-state index < -0.39 is 5.97 Å². The summed E-state index contributed by atoms with van der Waals surface area (Å²) in [6.45, 7) is 2.71. The molecule has 0 unspecified atom stereocenters. The van der Waals surface area contributed by atoms with Crippen molar-refractivity contribution in [1.29, 1.82) is 0 Å². The predicted octanol–water partition coefficient (Wildman–Crippen LogP) is 2.89. The summed E-state index contributed by atoms with van der Waals surface area (Å²) in [5.74, 6) is 2.35. The van der Waals surface area contributed by atoms with Crippen molar-refractivity contribution in [2.24, 2.45) is 7.05 Å². The van der Waals surface area contributed by atoms with E-state index in [4.69, 9.17) is 11.5 Å². The summed E-state index contributed by atoms with van der Waals surface area (Å²) < 4.78 is 1.74. The first-order chi connectivity index (χ1) is 14.4. The standard InChI is InChI=1S/C23H24N4O3/c1-4-5-6-7-20-15-27(14-19-13-24-26(3)22(19)25-20)23(30)18-9-8-17(16(2)12-18)10-11-21(28)29/h1,5-9,12-13,25H,10-11,14-15H2,2-3H3,(H,28,29)/b6-5-,20-7+. The Labute approximate surface area is 175 Å². The van der Waals surface area contributed by atoms with E-state index in [1.807, 2.05) is 32.2 Å². The molecule has 1 aromatic heterocycles. The van der Waals surface area contributed by atoms with Gasteiger partial charge in [-0.15, -0.1) is 6.42 Å². The van der Waals surface area contributed by atoms with E-state index >= 15 is 0 Å². The van der Waals surface area contributed by atoms with E-state index in [1.165, 1.54) is 0 Å². The molecule has 0 radical (unpaired) electrons. The molecule has 0 aliphatic carbocycles. The maximum Gasteiger partial charge on any atom is 0.303 e. The van der Waals surface area contributed by atoms with Gasteiger partial charge in [0.2, 0.25) is 0 Å². The molecule has 2 heterocycles. The lowest BCUT2D eigenvalue weighted by Crippen LogP contribution is -2.32. The van der Waals surface area contributed by atoms with Crippen molar-refractivity contribution in [3.05, 3.63) is 70.6 Å². The lowest BCUT2D eigenvalue weighted by atomic mass is 10.0. The van der Waals surface area contributed by atoms with Crippen LogP contribution in [-0.2, 0) is 24.8 Å². The Morgan fingerprint density at radius 1 is 1.37 bits per heavy atom. The Kier molecular flexibility index (Phi) is 6.38. The number of aromatic nitrogens is 2. The van der Waals surface area contributed by atoms with Crippen LogP contribution in [0, 0.1) is 19.3 Å². The molecule has 0 saturated heterocycles. The van der Waals surface area contributed by atoms with Gasteiger partial charge in [0.1, 0.15) is 5.82 Å². The molecule has 1 aromatic carbocycles. The zero-order valence-electron chi connectivity index (χ0n) is 17.1. The number of carbonyl (C=O) groups is 2. The van der Waals surface area contributed by atoms with Crippen LogP contribution in [0.2, 0.25) is 0 Å². The summed E-state index contributed by atoms with van der Waals surface area (Å²) in [5, 5.41) is 16.5. The number of aliphatic carboxylic acids is 1. The first kappa shape index (κ1) is 20.9. The number of carbonyl (C=O) groups excluding carboxylic acids is 1. The van der Waals surface area contributed by atoms with E-state index in [1.54, 1.807) is 34.0 Å². The number of hydrogen-bond donors (Lipinski definition) is 2. The van der Waals surface area contributed by atoms with Crippen LogP contribution in [0.5, 0.6) is 0 Å². The van der Waals surface area contributed by atoms with E-state index in [-0.39, 0.29) is 12.3 Å². The quantitative estimate of drug-likeness (QED) is 0.749. The summed E-state index contributed by atoms with van der Waals surface area (Å²) in [6.07, 6.45) is 12.7. The fraction of sp³-hybridized carbons (Fsp3) is 0.261. The minimum Gasteiger partial charge on any atom is -0.481 e. The minimum atomic E-state index is -0.836. The molecule has 2 aromatic rings. The van der Waals surface area contributed by atoms with Gasteiger partial charge < -0.3 is 15.3 Å². The number of anilines is 1. The number of rotatable bonds is 5. The number of terminal acetylenes is 1. The Bertz CT molecular complexity index is 1070. The van der Waals surface area contributed by atoms with Gasteiger partial charge in [-0.3, -0.25) is 14.3 Å². The topological polar surface area (TPSA) is 87.5 Å². The zero-order valence-corrected chi connectivity index (χ0v) is 17.1. The minimum absolute atomic E-state index is 0.0645. The normalized spacial score (nSPS) is 14.8. The van der Waals surface area contributed by atoms with E-state index in [0.717, 1.165) is 28.2 Å². The van der Waals surface area contributed by atoms with E-state index in [2.05, 4.69) is 16.3 Å². The lowest BCUT2D eigenvalue weighted by Gasteiger charge is -2.21. The van der Waals surface area contributed by atoms with Gasteiger partial charge in [-0.05, 0) is 48.8 Å². The smallest absolute Gasteiger partial charge is 0.303 e. The molecule has 0 spiro atoms. The number of allylic oxidation sites excluding steroid dienone is 3. The molecular formula is C23H24N4O3. The largest absolute Gasteiger partial charge is 0.481 e. The maximum absolute atomic E-state index is 13.3. The van der Waals surface area contributed by atoms with Crippen LogP contribution in [0.25, 0.3) is 0 Å². The molecule has 7 heteroatoms. The van der Waals surface area contributed by atoms with E-state index in [9.17, 15) is 9.59 Å². The average Bonchev–Trinajstić information content (AvgIpc) is 2.94. The second-order valence-corrected chi connectivity index (χ2v) is 7.18. The SMILES string of the molecule is C#C/C=C\C=C1/CN(C(=O)c2ccc(CCC(=O)O)c(C)c2)Cc2cnn(C)c2N1. The number of benzene rings is 1. The Balaban J connectivity index is 1.87. The molecule has 154 valence electrons. The summed E-state index contributed by atoms with van der Waals surface area (Å²) >= 11 is 0. The number of carboxylic acid groups (broad SMARTS) is 1. The average molecular weight is 404 g/mol. The van der Waals surface area contributed by atoms with Crippen LogP contribution < -0.4 is 5.32 Å². The molecule has 0 bridgehead atoms. The number of fused-ring (bicyclic) bond motifs is 1. The van der Waals surface area contributed by atoms with Gasteiger partial charge in [-0.2, -0.15) is 5.10 Å². The third-order valence-corrected chi connectivity index (χ3v) is 4.99. The highest BCUT2D eigenvalue weighted by Gasteiger charge is 2.24. The van der Waals surface area contributed by atoms with Crippen molar-refractivity contribution in [1.82, 2.24) is 14.7 Å². The molecule has 2 N–H and O–H groups in total. The molecule has 1 aliphatic heterocycles. The van der Waals surface area contributed by atoms with Crippen LogP contribution in [0.15, 0.2) is 48.3 Å². The number of nitrogens with one attached hydrogen (secondary N) is 1. The molecule has 0 atom stereocenters. The molecule has 3 rings (SSSR count). The highest BCUT2D eigenvalue weighted by atomic mass is 16.4. The summed E-state index contributed by atoms with van der Waals surface area (Å²) in [7, 11) is 1.84.